The number of aliphatic carboxylic acids is 2. The monoisotopic (exact) mass is 364 g/mol. The maximum Gasteiger partial charge on any atom is 1.00 e. The first kappa shape index (κ1) is 26.9. The second-order valence-corrected chi connectivity index (χ2v) is 6.66. The summed E-state index contributed by atoms with van der Waals surface area (Å²) in [5.41, 5.74) is 0.00133. The van der Waals surface area contributed by atoms with Crippen LogP contribution in [0.1, 0.15) is 105 Å². The molecule has 0 spiro atoms. The zero-order chi connectivity index (χ0) is 18.0. The fourth-order valence-corrected chi connectivity index (χ4v) is 2.90. The molecule has 2 N–H and O–H groups in total. The largest absolute Gasteiger partial charge is 1.00 e. The molecule has 0 aliphatic carbocycles. The maximum atomic E-state index is 10.9. The molecule has 0 atom stereocenters. The van der Waals surface area contributed by atoms with Gasteiger partial charge in [0.2, 0.25) is 0 Å². The molecule has 0 amide bonds. The van der Waals surface area contributed by atoms with Crippen LogP contribution in [0, 0.1) is 0 Å². The molecule has 5 heteroatoms. The Kier molecular flexibility index (Phi) is 21.5. The third-order valence-electron chi connectivity index (χ3n) is 4.37. The van der Waals surface area contributed by atoms with E-state index < -0.39 is 11.9 Å². The normalized spacial score (nSPS) is 11.2. The minimum atomic E-state index is -1.18. The summed E-state index contributed by atoms with van der Waals surface area (Å²) in [6.45, 7) is 2.25. The van der Waals surface area contributed by atoms with Gasteiger partial charge < -0.3 is 11.6 Å². The predicted molar refractivity (Wildman–Crippen MR) is 99.4 cm³/mol. The van der Waals surface area contributed by atoms with E-state index in [0.29, 0.717) is 6.42 Å². The van der Waals surface area contributed by atoms with E-state index in [2.05, 4.69) is 6.92 Å². The van der Waals surface area contributed by atoms with Gasteiger partial charge in [0, 0.05) is 11.6 Å². The van der Waals surface area contributed by atoms with Gasteiger partial charge >= 0.3 is 41.5 Å². The van der Waals surface area contributed by atoms with E-state index in [0.717, 1.165) is 25.3 Å². The standard InChI is InChI=1S/C20H36O4.Na.H/c1-2-3-4-5-6-7-8-9-10-11-12-13-14-15-16-18(20(23)24)17-19(21)22;;/h17H,2-16H2,1H3,(H,21,22)(H,23,24);;/q;+1;-1. The van der Waals surface area contributed by atoms with Gasteiger partial charge in [-0.15, -0.1) is 0 Å². The second kappa shape index (κ2) is 20.0. The van der Waals surface area contributed by atoms with Crippen LogP contribution in [0.2, 0.25) is 0 Å². The Morgan fingerprint density at radius 3 is 1.40 bits per heavy atom. The van der Waals surface area contributed by atoms with E-state index >= 15 is 0 Å². The summed E-state index contributed by atoms with van der Waals surface area (Å²) in [6.07, 6.45) is 18.7. The molecule has 142 valence electrons. The van der Waals surface area contributed by atoms with Gasteiger partial charge in [0.1, 0.15) is 0 Å². The summed E-state index contributed by atoms with van der Waals surface area (Å²) >= 11 is 0. The number of hydrogen-bond donors (Lipinski definition) is 2. The summed E-state index contributed by atoms with van der Waals surface area (Å²) in [6, 6.07) is 0. The summed E-state index contributed by atoms with van der Waals surface area (Å²) in [5, 5.41) is 17.5. The molecule has 0 heterocycles. The molecule has 0 aromatic rings. The number of unbranched alkanes of at least 4 members (excludes halogenated alkanes) is 13. The van der Waals surface area contributed by atoms with Crippen molar-refractivity contribution in [1.82, 2.24) is 0 Å². The van der Waals surface area contributed by atoms with Crippen molar-refractivity contribution in [2.24, 2.45) is 0 Å². The molecule has 0 bridgehead atoms. The zero-order valence-electron chi connectivity index (χ0n) is 17.4. The number of hydrogen-bond acceptors (Lipinski definition) is 2. The van der Waals surface area contributed by atoms with Gasteiger partial charge in [-0.05, 0) is 12.8 Å². The molecular weight excluding hydrogens is 327 g/mol. The van der Waals surface area contributed by atoms with Crippen LogP contribution in [0.3, 0.4) is 0 Å². The van der Waals surface area contributed by atoms with Crippen LogP contribution in [0.4, 0.5) is 0 Å². The van der Waals surface area contributed by atoms with Crippen molar-refractivity contribution >= 4 is 11.9 Å². The molecule has 0 saturated carbocycles. The molecule has 0 aliphatic rings. The first-order valence-electron chi connectivity index (χ1n) is 9.74. The van der Waals surface area contributed by atoms with Gasteiger partial charge in [0.25, 0.3) is 0 Å². The summed E-state index contributed by atoms with van der Waals surface area (Å²) in [4.78, 5) is 21.4. The van der Waals surface area contributed by atoms with Gasteiger partial charge in [0.15, 0.2) is 0 Å². The predicted octanol–water partition coefficient (Wildman–Crippen LogP) is 3.07. The van der Waals surface area contributed by atoms with E-state index in [1.807, 2.05) is 0 Å². The Hall–Kier alpha value is -0.320. The maximum absolute atomic E-state index is 10.9. The number of rotatable bonds is 17. The molecule has 25 heavy (non-hydrogen) atoms. The van der Waals surface area contributed by atoms with Crippen molar-refractivity contribution in [2.45, 2.75) is 103 Å². The molecule has 0 aliphatic heterocycles. The van der Waals surface area contributed by atoms with Gasteiger partial charge in [-0.1, -0.05) is 90.4 Å². The Bertz CT molecular complexity index is 373. The van der Waals surface area contributed by atoms with E-state index in [1.54, 1.807) is 0 Å². The van der Waals surface area contributed by atoms with Crippen LogP contribution in [0.15, 0.2) is 11.6 Å². The summed E-state index contributed by atoms with van der Waals surface area (Å²) in [5.74, 6) is -2.30. The van der Waals surface area contributed by atoms with Crippen LogP contribution in [-0.2, 0) is 9.59 Å². The van der Waals surface area contributed by atoms with Crippen molar-refractivity contribution < 1.29 is 50.8 Å². The van der Waals surface area contributed by atoms with Crippen molar-refractivity contribution in [1.29, 1.82) is 0 Å². The SMILES string of the molecule is CCCCCCCCCCCCCCCCC(=CC(=O)O)C(=O)O.[H-].[Na+]. The molecule has 0 saturated heterocycles. The molecule has 0 aromatic carbocycles. The van der Waals surface area contributed by atoms with E-state index in [9.17, 15) is 9.59 Å². The van der Waals surface area contributed by atoms with Crippen LogP contribution in [0.5, 0.6) is 0 Å². The molecule has 0 aromatic heterocycles. The van der Waals surface area contributed by atoms with E-state index in [4.69, 9.17) is 10.2 Å². The number of carboxylic acid groups (broad SMARTS) is 2. The summed E-state index contributed by atoms with van der Waals surface area (Å²) in [7, 11) is 0. The molecule has 0 radical (unpaired) electrons. The third-order valence-corrected chi connectivity index (χ3v) is 4.37. The van der Waals surface area contributed by atoms with E-state index in [1.165, 1.54) is 70.6 Å². The molecule has 4 nitrogen and oxygen atoms in total. The average Bonchev–Trinajstić information content (AvgIpc) is 2.53. The Morgan fingerprint density at radius 2 is 1.08 bits per heavy atom. The van der Waals surface area contributed by atoms with Crippen molar-refractivity contribution in [2.75, 3.05) is 0 Å². The molecule has 0 rings (SSSR count). The van der Waals surface area contributed by atoms with Gasteiger partial charge in [-0.3, -0.25) is 0 Å². The topological polar surface area (TPSA) is 74.6 Å². The summed E-state index contributed by atoms with van der Waals surface area (Å²) < 4.78 is 0. The van der Waals surface area contributed by atoms with Crippen LogP contribution < -0.4 is 29.6 Å². The van der Waals surface area contributed by atoms with Gasteiger partial charge in [-0.25, -0.2) is 9.59 Å². The van der Waals surface area contributed by atoms with Gasteiger partial charge in [-0.2, -0.15) is 0 Å². The molecule has 0 fully saturated rings. The zero-order valence-corrected chi connectivity index (χ0v) is 18.4. The fraction of sp³-hybridized carbons (Fsp3) is 0.800. The van der Waals surface area contributed by atoms with Crippen LogP contribution >= 0.6 is 0 Å². The van der Waals surface area contributed by atoms with Crippen LogP contribution in [-0.4, -0.2) is 22.2 Å². The minimum Gasteiger partial charge on any atom is -1.00 e. The average molecular weight is 365 g/mol. The van der Waals surface area contributed by atoms with E-state index in [-0.39, 0.29) is 36.6 Å². The van der Waals surface area contributed by atoms with Crippen molar-refractivity contribution in [3.05, 3.63) is 11.6 Å². The number of carbonyl (C=O) groups is 2. The van der Waals surface area contributed by atoms with Crippen LogP contribution in [0.25, 0.3) is 0 Å². The van der Waals surface area contributed by atoms with Crippen molar-refractivity contribution in [3.63, 3.8) is 0 Å². The molecular formula is C20H37NaO4. The Labute approximate surface area is 177 Å². The van der Waals surface area contributed by atoms with Gasteiger partial charge in [0.05, 0.1) is 0 Å². The first-order valence-corrected chi connectivity index (χ1v) is 9.74. The van der Waals surface area contributed by atoms with Crippen molar-refractivity contribution in [3.8, 4) is 0 Å². The first-order chi connectivity index (χ1) is 11.6. The Morgan fingerprint density at radius 1 is 0.720 bits per heavy atom. The second-order valence-electron chi connectivity index (χ2n) is 6.66. The smallest absolute Gasteiger partial charge is 1.00 e. The third kappa shape index (κ3) is 19.8. The minimum absolute atomic E-state index is 0. The molecule has 0 unspecified atom stereocenters. The fourth-order valence-electron chi connectivity index (χ4n) is 2.90. The quantitative estimate of drug-likeness (QED) is 0.236. The number of carboxylic acids is 2. The Balaban J connectivity index is -0.00000264.